The van der Waals surface area contributed by atoms with Gasteiger partial charge in [0.25, 0.3) is 0 Å². The van der Waals surface area contributed by atoms with E-state index in [0.717, 1.165) is 0 Å². The van der Waals surface area contributed by atoms with E-state index in [1.54, 1.807) is 0 Å². The monoisotopic (exact) mass is 268 g/mol. The van der Waals surface area contributed by atoms with Crippen molar-refractivity contribution < 1.29 is 26.3 Å². The molecular formula is C10H2F6S. The maximum absolute atomic E-state index is 13.4. The van der Waals surface area contributed by atoms with Crippen LogP contribution in [0.5, 0.6) is 0 Å². The molecule has 90 valence electrons. The Morgan fingerprint density at radius 2 is 1.12 bits per heavy atom. The second-order valence-corrected chi connectivity index (χ2v) is 3.68. The summed E-state index contributed by atoms with van der Waals surface area (Å²) >= 11 is 3.46. The molecule has 0 unspecified atom stereocenters. The summed E-state index contributed by atoms with van der Waals surface area (Å²) in [5.41, 5.74) is 0. The van der Waals surface area contributed by atoms with Gasteiger partial charge in [0.1, 0.15) is 11.6 Å². The molecule has 2 aromatic rings. The van der Waals surface area contributed by atoms with Gasteiger partial charge in [-0.3, -0.25) is 0 Å². The van der Waals surface area contributed by atoms with E-state index in [2.05, 4.69) is 12.6 Å². The van der Waals surface area contributed by atoms with E-state index < -0.39 is 50.6 Å². The predicted molar refractivity (Wildman–Crippen MR) is 50.9 cm³/mol. The van der Waals surface area contributed by atoms with Crippen LogP contribution < -0.4 is 0 Å². The zero-order chi connectivity index (χ0) is 12.9. The summed E-state index contributed by atoms with van der Waals surface area (Å²) in [6.45, 7) is 0. The first-order valence-electron chi connectivity index (χ1n) is 4.18. The maximum Gasteiger partial charge on any atom is 0.198 e. The minimum Gasteiger partial charge on any atom is -0.206 e. The fraction of sp³-hybridized carbons (Fsp3) is 0. The third-order valence-corrected chi connectivity index (χ3v) is 2.54. The molecule has 2 rings (SSSR count). The Balaban J connectivity index is 3.17. The lowest BCUT2D eigenvalue weighted by Gasteiger charge is -2.08. The Labute approximate surface area is 96.3 Å². The van der Waals surface area contributed by atoms with Gasteiger partial charge in [-0.25, -0.2) is 26.3 Å². The van der Waals surface area contributed by atoms with Gasteiger partial charge in [0.2, 0.25) is 0 Å². The van der Waals surface area contributed by atoms with Crippen LogP contribution in [0.15, 0.2) is 11.0 Å². The lowest BCUT2D eigenvalue weighted by atomic mass is 10.1. The fourth-order valence-corrected chi connectivity index (χ4v) is 1.67. The van der Waals surface area contributed by atoms with Crippen molar-refractivity contribution >= 4 is 23.4 Å². The summed E-state index contributed by atoms with van der Waals surface area (Å²) in [5.74, 6) is -11.3. The largest absolute Gasteiger partial charge is 0.206 e. The number of rotatable bonds is 0. The first kappa shape index (κ1) is 12.1. The van der Waals surface area contributed by atoms with Crippen LogP contribution in [-0.4, -0.2) is 0 Å². The summed E-state index contributed by atoms with van der Waals surface area (Å²) in [6.07, 6.45) is 0. The second kappa shape index (κ2) is 3.83. The van der Waals surface area contributed by atoms with Gasteiger partial charge in [0.15, 0.2) is 23.3 Å². The molecule has 0 aliphatic rings. The molecule has 0 nitrogen and oxygen atoms in total. The van der Waals surface area contributed by atoms with Gasteiger partial charge in [0, 0.05) is 4.90 Å². The van der Waals surface area contributed by atoms with Crippen LogP contribution in [0.1, 0.15) is 0 Å². The highest BCUT2D eigenvalue weighted by Gasteiger charge is 2.26. The number of halogens is 6. The molecule has 0 saturated carbocycles. The summed E-state index contributed by atoms with van der Waals surface area (Å²) in [4.78, 5) is -0.640. The van der Waals surface area contributed by atoms with Gasteiger partial charge in [-0.2, -0.15) is 0 Å². The number of thiol groups is 1. The third-order valence-electron chi connectivity index (χ3n) is 2.21. The smallest absolute Gasteiger partial charge is 0.198 e. The van der Waals surface area contributed by atoms with Crippen LogP contribution in [0, 0.1) is 34.9 Å². The van der Waals surface area contributed by atoms with Crippen molar-refractivity contribution in [1.29, 1.82) is 0 Å². The van der Waals surface area contributed by atoms with Crippen LogP contribution >= 0.6 is 12.6 Å². The molecule has 0 amide bonds. The predicted octanol–water partition coefficient (Wildman–Crippen LogP) is 3.96. The first-order chi connectivity index (χ1) is 7.86. The van der Waals surface area contributed by atoms with Crippen molar-refractivity contribution in [2.45, 2.75) is 4.90 Å². The molecule has 17 heavy (non-hydrogen) atoms. The van der Waals surface area contributed by atoms with Gasteiger partial charge in [-0.15, -0.1) is 12.6 Å². The van der Waals surface area contributed by atoms with E-state index in [9.17, 15) is 26.3 Å². The fourth-order valence-electron chi connectivity index (χ4n) is 1.45. The summed E-state index contributed by atoms with van der Waals surface area (Å²) in [6, 6.07) is 0.445. The van der Waals surface area contributed by atoms with Crippen LogP contribution in [0.3, 0.4) is 0 Å². The average Bonchev–Trinajstić information content (AvgIpc) is 2.28. The SMILES string of the molecule is Fc1c(F)c(F)c2c(F)c(S)cc(F)c2c1F. The second-order valence-electron chi connectivity index (χ2n) is 3.20. The van der Waals surface area contributed by atoms with Crippen LogP contribution in [0.4, 0.5) is 26.3 Å². The van der Waals surface area contributed by atoms with E-state index >= 15 is 0 Å². The third kappa shape index (κ3) is 1.56. The van der Waals surface area contributed by atoms with Crippen LogP contribution in [0.2, 0.25) is 0 Å². The summed E-state index contributed by atoms with van der Waals surface area (Å²) < 4.78 is 78.8. The minimum absolute atomic E-state index is 0.445. The molecular weight excluding hydrogens is 266 g/mol. The number of benzene rings is 2. The number of hydrogen-bond acceptors (Lipinski definition) is 1. The molecule has 0 spiro atoms. The van der Waals surface area contributed by atoms with Gasteiger partial charge in [0.05, 0.1) is 10.8 Å². The molecule has 0 aliphatic heterocycles. The zero-order valence-corrected chi connectivity index (χ0v) is 8.69. The molecule has 0 bridgehead atoms. The zero-order valence-electron chi connectivity index (χ0n) is 7.79. The minimum atomic E-state index is -2.20. The lowest BCUT2D eigenvalue weighted by Crippen LogP contribution is -2.02. The van der Waals surface area contributed by atoms with Crippen LogP contribution in [-0.2, 0) is 0 Å². The normalized spacial score (nSPS) is 11.2. The van der Waals surface area contributed by atoms with E-state index in [1.807, 2.05) is 0 Å². The van der Waals surface area contributed by atoms with Gasteiger partial charge in [-0.1, -0.05) is 0 Å². The molecule has 0 atom stereocenters. The maximum atomic E-state index is 13.4. The molecule has 7 heteroatoms. The van der Waals surface area contributed by atoms with Gasteiger partial charge < -0.3 is 0 Å². The van der Waals surface area contributed by atoms with E-state index in [-0.39, 0.29) is 0 Å². The first-order valence-corrected chi connectivity index (χ1v) is 4.63. The van der Waals surface area contributed by atoms with Crippen molar-refractivity contribution in [3.05, 3.63) is 41.0 Å². The highest BCUT2D eigenvalue weighted by atomic mass is 32.1. The van der Waals surface area contributed by atoms with E-state index in [0.29, 0.717) is 6.07 Å². The molecule has 0 saturated heterocycles. The summed E-state index contributed by atoms with van der Waals surface area (Å²) in [5, 5.41) is -2.58. The highest BCUT2D eigenvalue weighted by Crippen LogP contribution is 2.33. The topological polar surface area (TPSA) is 0 Å². The van der Waals surface area contributed by atoms with Crippen molar-refractivity contribution in [3.8, 4) is 0 Å². The van der Waals surface area contributed by atoms with E-state index in [4.69, 9.17) is 0 Å². The molecule has 2 aromatic carbocycles. The van der Waals surface area contributed by atoms with Crippen LogP contribution in [0.25, 0.3) is 10.8 Å². The molecule has 0 heterocycles. The Kier molecular flexibility index (Phi) is 2.73. The molecule has 0 N–H and O–H groups in total. The highest BCUT2D eigenvalue weighted by molar-refractivity contribution is 7.80. The molecule has 0 radical (unpaired) electrons. The Hall–Kier alpha value is -1.37. The Bertz CT molecular complexity index is 637. The lowest BCUT2D eigenvalue weighted by molar-refractivity contribution is 0.414. The van der Waals surface area contributed by atoms with Crippen molar-refractivity contribution in [1.82, 2.24) is 0 Å². The average molecular weight is 268 g/mol. The number of hydrogen-bond donors (Lipinski definition) is 1. The summed E-state index contributed by atoms with van der Waals surface area (Å²) in [7, 11) is 0. The molecule has 0 aliphatic carbocycles. The molecule has 0 fully saturated rings. The molecule has 0 aromatic heterocycles. The Morgan fingerprint density at radius 1 is 0.647 bits per heavy atom. The number of fused-ring (bicyclic) bond motifs is 1. The van der Waals surface area contributed by atoms with Crippen molar-refractivity contribution in [3.63, 3.8) is 0 Å². The standard InChI is InChI=1S/C10H2F6S/c11-2-1-3(17)6(12)5-4(2)7(13)9(15)10(16)8(5)14/h1,17H. The van der Waals surface area contributed by atoms with Crippen molar-refractivity contribution in [2.24, 2.45) is 0 Å². The Morgan fingerprint density at radius 3 is 1.65 bits per heavy atom. The quantitative estimate of drug-likeness (QED) is 0.318. The van der Waals surface area contributed by atoms with Crippen molar-refractivity contribution in [2.75, 3.05) is 0 Å². The van der Waals surface area contributed by atoms with E-state index in [1.165, 1.54) is 0 Å². The van der Waals surface area contributed by atoms with Gasteiger partial charge in [-0.05, 0) is 6.07 Å². The van der Waals surface area contributed by atoms with Gasteiger partial charge >= 0.3 is 0 Å².